The number of nitrogens with zero attached hydrogens (tertiary/aromatic N) is 3. The summed E-state index contributed by atoms with van der Waals surface area (Å²) >= 11 is 0. The minimum Gasteiger partial charge on any atom is -0.508 e. The molecule has 1 heterocycles. The van der Waals surface area contributed by atoms with Crippen LogP contribution in [0.4, 0.5) is 0 Å². The Morgan fingerprint density at radius 2 is 1.76 bits per heavy atom. The fraction of sp³-hybridized carbons (Fsp3) is 0.321. The van der Waals surface area contributed by atoms with Crippen molar-refractivity contribution < 1.29 is 9.84 Å². The van der Waals surface area contributed by atoms with Crippen molar-refractivity contribution in [3.8, 4) is 17.6 Å². The summed E-state index contributed by atoms with van der Waals surface area (Å²) in [6.07, 6.45) is 0. The molecule has 4 rings (SSSR count). The van der Waals surface area contributed by atoms with E-state index in [1.807, 2.05) is 54.6 Å². The first kappa shape index (κ1) is 22.8. The quantitative estimate of drug-likeness (QED) is 0.586. The summed E-state index contributed by atoms with van der Waals surface area (Å²) in [7, 11) is 1.69. The highest BCUT2D eigenvalue weighted by molar-refractivity contribution is 5.45. The van der Waals surface area contributed by atoms with Crippen molar-refractivity contribution in [3.05, 3.63) is 95.1 Å². The van der Waals surface area contributed by atoms with E-state index in [4.69, 9.17) is 4.74 Å². The molecule has 1 N–H and O–H groups in total. The lowest BCUT2D eigenvalue weighted by molar-refractivity contribution is 0.0194. The molecule has 170 valence electrons. The van der Waals surface area contributed by atoms with Gasteiger partial charge >= 0.3 is 0 Å². The smallest absolute Gasteiger partial charge is 0.118 e. The molecular formula is C28H31N3O2. The molecule has 3 aromatic carbocycles. The normalized spacial score (nSPS) is 20.2. The van der Waals surface area contributed by atoms with Gasteiger partial charge in [0.25, 0.3) is 0 Å². The highest BCUT2D eigenvalue weighted by atomic mass is 16.5. The summed E-state index contributed by atoms with van der Waals surface area (Å²) in [6.45, 7) is 7.17. The van der Waals surface area contributed by atoms with Gasteiger partial charge in [-0.05, 0) is 60.9 Å². The van der Waals surface area contributed by atoms with E-state index in [2.05, 4.69) is 41.8 Å². The molecule has 3 aromatic rings. The molecule has 3 atom stereocenters. The molecule has 0 saturated carbocycles. The van der Waals surface area contributed by atoms with Gasteiger partial charge < -0.3 is 9.84 Å². The molecule has 1 fully saturated rings. The van der Waals surface area contributed by atoms with Crippen LogP contribution in [0.5, 0.6) is 11.5 Å². The lowest BCUT2D eigenvalue weighted by Crippen LogP contribution is -2.56. The van der Waals surface area contributed by atoms with Gasteiger partial charge in [0.2, 0.25) is 0 Å². The average molecular weight is 442 g/mol. The van der Waals surface area contributed by atoms with Crippen molar-refractivity contribution in [2.45, 2.75) is 38.5 Å². The summed E-state index contributed by atoms with van der Waals surface area (Å²) in [6, 6.07) is 26.4. The topological polar surface area (TPSA) is 59.7 Å². The van der Waals surface area contributed by atoms with Gasteiger partial charge in [-0.1, -0.05) is 42.5 Å². The van der Waals surface area contributed by atoms with E-state index in [-0.39, 0.29) is 17.8 Å². The van der Waals surface area contributed by atoms with E-state index in [0.29, 0.717) is 11.6 Å². The number of nitriles is 1. The highest BCUT2D eigenvalue weighted by Crippen LogP contribution is 2.36. The lowest BCUT2D eigenvalue weighted by atomic mass is 9.90. The van der Waals surface area contributed by atoms with Gasteiger partial charge in [0, 0.05) is 31.7 Å². The minimum atomic E-state index is -0.103. The number of methoxy groups -OCH3 is 1. The first-order chi connectivity index (χ1) is 16.0. The second kappa shape index (κ2) is 10.1. The van der Waals surface area contributed by atoms with Gasteiger partial charge in [0.15, 0.2) is 0 Å². The van der Waals surface area contributed by atoms with Crippen LogP contribution in [0, 0.1) is 11.3 Å². The van der Waals surface area contributed by atoms with Crippen LogP contribution in [-0.4, -0.2) is 47.2 Å². The molecule has 5 nitrogen and oxygen atoms in total. The first-order valence-electron chi connectivity index (χ1n) is 11.4. The van der Waals surface area contributed by atoms with Crippen molar-refractivity contribution in [1.29, 1.82) is 5.26 Å². The van der Waals surface area contributed by atoms with Crippen LogP contribution in [0.15, 0.2) is 72.8 Å². The van der Waals surface area contributed by atoms with Gasteiger partial charge in [0.1, 0.15) is 11.5 Å². The Morgan fingerprint density at radius 3 is 2.45 bits per heavy atom. The second-order valence-corrected chi connectivity index (χ2v) is 8.87. The summed E-state index contributed by atoms with van der Waals surface area (Å²) in [4.78, 5) is 4.98. The number of piperazine rings is 1. The molecule has 1 saturated heterocycles. The molecule has 33 heavy (non-hydrogen) atoms. The summed E-state index contributed by atoms with van der Waals surface area (Å²) in [5, 5.41) is 20.0. The van der Waals surface area contributed by atoms with Crippen LogP contribution >= 0.6 is 0 Å². The van der Waals surface area contributed by atoms with Crippen LogP contribution in [0.1, 0.15) is 42.1 Å². The van der Waals surface area contributed by atoms with Crippen molar-refractivity contribution in [2.24, 2.45) is 0 Å². The van der Waals surface area contributed by atoms with E-state index >= 15 is 0 Å². The molecule has 0 radical (unpaired) electrons. The number of phenolic OH excluding ortho intramolecular Hbond substituents is 1. The molecule has 1 aliphatic rings. The Hall–Kier alpha value is -3.33. The van der Waals surface area contributed by atoms with E-state index in [1.54, 1.807) is 13.2 Å². The monoisotopic (exact) mass is 441 g/mol. The van der Waals surface area contributed by atoms with Crippen LogP contribution in [-0.2, 0) is 6.54 Å². The van der Waals surface area contributed by atoms with Crippen LogP contribution < -0.4 is 4.74 Å². The van der Waals surface area contributed by atoms with Crippen molar-refractivity contribution >= 4 is 0 Å². The zero-order valence-corrected chi connectivity index (χ0v) is 19.5. The molecule has 1 unspecified atom stereocenters. The van der Waals surface area contributed by atoms with E-state index in [0.717, 1.165) is 36.5 Å². The number of ether oxygens (including phenoxy) is 1. The van der Waals surface area contributed by atoms with Crippen LogP contribution in [0.25, 0.3) is 0 Å². The number of aromatic hydroxyl groups is 1. The maximum absolute atomic E-state index is 10.2. The fourth-order valence-corrected chi connectivity index (χ4v) is 4.85. The Balaban J connectivity index is 1.62. The molecule has 0 aromatic heterocycles. The predicted octanol–water partition coefficient (Wildman–Crippen LogP) is 4.96. The lowest BCUT2D eigenvalue weighted by Gasteiger charge is -2.48. The fourth-order valence-electron chi connectivity index (χ4n) is 4.85. The maximum atomic E-state index is 10.2. The maximum Gasteiger partial charge on any atom is 0.118 e. The third kappa shape index (κ3) is 5.03. The van der Waals surface area contributed by atoms with Gasteiger partial charge in [-0.3, -0.25) is 9.80 Å². The third-order valence-corrected chi connectivity index (χ3v) is 6.60. The number of rotatable bonds is 6. The molecule has 0 bridgehead atoms. The summed E-state index contributed by atoms with van der Waals surface area (Å²) < 4.78 is 5.29. The van der Waals surface area contributed by atoms with Gasteiger partial charge in [-0.2, -0.15) is 5.26 Å². The largest absolute Gasteiger partial charge is 0.508 e. The average Bonchev–Trinajstić information content (AvgIpc) is 2.83. The van der Waals surface area contributed by atoms with Gasteiger partial charge in [-0.15, -0.1) is 0 Å². The molecular weight excluding hydrogens is 410 g/mol. The van der Waals surface area contributed by atoms with Crippen molar-refractivity contribution in [3.63, 3.8) is 0 Å². The summed E-state index contributed by atoms with van der Waals surface area (Å²) in [5.41, 5.74) is 3.92. The minimum absolute atomic E-state index is 0.103. The molecule has 0 amide bonds. The zero-order valence-electron chi connectivity index (χ0n) is 19.5. The molecule has 0 aliphatic carbocycles. The van der Waals surface area contributed by atoms with Crippen LogP contribution in [0.3, 0.4) is 0 Å². The Morgan fingerprint density at radius 1 is 1.00 bits per heavy atom. The molecule has 1 aliphatic heterocycles. The van der Waals surface area contributed by atoms with Crippen molar-refractivity contribution in [2.75, 3.05) is 20.2 Å². The third-order valence-electron chi connectivity index (χ3n) is 6.60. The van der Waals surface area contributed by atoms with Gasteiger partial charge in [-0.25, -0.2) is 0 Å². The van der Waals surface area contributed by atoms with Crippen molar-refractivity contribution in [1.82, 2.24) is 9.80 Å². The van der Waals surface area contributed by atoms with Crippen LogP contribution in [0.2, 0.25) is 0 Å². The number of benzene rings is 3. The summed E-state index contributed by atoms with van der Waals surface area (Å²) in [5.74, 6) is 1.11. The standard InChI is InChI=1S/C28H31N3O2/c1-20-18-31(21(2)17-30(20)19-22-11-13-26(33-3)14-12-22)28(23-8-6-9-25(32)15-23)27-10-5-4-7-24(27)16-29/h4-15,20-21,28,32H,17-19H2,1-3H3/t20-,21+,28?/m1/s1. The van der Waals surface area contributed by atoms with E-state index in [9.17, 15) is 10.4 Å². The number of hydrogen-bond donors (Lipinski definition) is 1. The predicted molar refractivity (Wildman–Crippen MR) is 130 cm³/mol. The number of phenols is 1. The Kier molecular flexibility index (Phi) is 6.98. The number of hydrogen-bond acceptors (Lipinski definition) is 5. The van der Waals surface area contributed by atoms with Gasteiger partial charge in [0.05, 0.1) is 24.8 Å². The first-order valence-corrected chi connectivity index (χ1v) is 11.4. The second-order valence-electron chi connectivity index (χ2n) is 8.87. The van der Waals surface area contributed by atoms with E-state index < -0.39 is 0 Å². The van der Waals surface area contributed by atoms with E-state index in [1.165, 1.54) is 5.56 Å². The Labute approximate surface area is 196 Å². The zero-order chi connectivity index (χ0) is 23.4. The molecule has 0 spiro atoms. The highest BCUT2D eigenvalue weighted by Gasteiger charge is 2.35. The molecule has 5 heteroatoms. The SMILES string of the molecule is COc1ccc(CN2C[C@H](C)N(C(c3cccc(O)c3)c3ccccc3C#N)C[C@H]2C)cc1. The Bertz CT molecular complexity index is 1120.